The third-order valence-electron chi connectivity index (χ3n) is 2.21. The molecule has 0 radical (unpaired) electrons. The quantitative estimate of drug-likeness (QED) is 0.864. The molecule has 0 fully saturated rings. The predicted octanol–water partition coefficient (Wildman–Crippen LogP) is 2.88. The molecule has 1 aromatic heterocycles. The molecule has 0 aliphatic rings. The molecule has 0 aliphatic carbocycles. The van der Waals surface area contributed by atoms with E-state index in [-0.39, 0.29) is 0 Å². The highest BCUT2D eigenvalue weighted by Gasteiger charge is 2.04. The molecule has 1 aromatic carbocycles. The lowest BCUT2D eigenvalue weighted by molar-refractivity contribution is 0.865. The maximum atomic E-state index is 4.24. The first-order chi connectivity index (χ1) is 7.75. The Balaban J connectivity index is 2.09. The number of nitrogens with zero attached hydrogens (tertiary/aromatic N) is 3. The highest BCUT2D eigenvalue weighted by atomic mass is 79.9. The predicted molar refractivity (Wildman–Crippen MR) is 68.3 cm³/mol. The summed E-state index contributed by atoms with van der Waals surface area (Å²) in [7, 11) is 1.98. The van der Waals surface area contributed by atoms with Crippen LogP contribution in [0.25, 0.3) is 0 Å². The van der Waals surface area contributed by atoms with Gasteiger partial charge in [-0.15, -0.1) is 0 Å². The summed E-state index contributed by atoms with van der Waals surface area (Å²) in [6.07, 6.45) is 3.51. The summed E-state index contributed by atoms with van der Waals surface area (Å²) >= 11 is 3.32. The lowest BCUT2D eigenvalue weighted by atomic mass is 10.2. The van der Waals surface area contributed by atoms with Gasteiger partial charge in [-0.05, 0) is 21.5 Å². The zero-order valence-corrected chi connectivity index (χ0v) is 10.6. The largest absolute Gasteiger partial charge is 0.340 e. The fourth-order valence-corrected chi connectivity index (χ4v) is 1.64. The van der Waals surface area contributed by atoms with Crippen molar-refractivity contribution in [1.29, 1.82) is 0 Å². The Hall–Kier alpha value is -1.42. The number of aromatic nitrogens is 2. The van der Waals surface area contributed by atoms with Crippen molar-refractivity contribution in [1.82, 2.24) is 9.97 Å². The van der Waals surface area contributed by atoms with Gasteiger partial charge in [-0.25, -0.2) is 9.97 Å². The molecule has 0 bridgehead atoms. The fourth-order valence-electron chi connectivity index (χ4n) is 1.43. The minimum Gasteiger partial charge on any atom is -0.340 e. The van der Waals surface area contributed by atoms with Gasteiger partial charge < -0.3 is 4.90 Å². The van der Waals surface area contributed by atoms with E-state index in [4.69, 9.17) is 0 Å². The Morgan fingerprint density at radius 1 is 1.12 bits per heavy atom. The summed E-state index contributed by atoms with van der Waals surface area (Å²) in [5.41, 5.74) is 1.25. The molecule has 0 saturated carbocycles. The van der Waals surface area contributed by atoms with Gasteiger partial charge in [0, 0.05) is 26.0 Å². The number of anilines is 1. The fraction of sp³-hybridized carbons (Fsp3) is 0.167. The van der Waals surface area contributed by atoms with Crippen LogP contribution in [-0.4, -0.2) is 17.0 Å². The minimum absolute atomic E-state index is 0.729. The van der Waals surface area contributed by atoms with Crippen LogP contribution in [0.3, 0.4) is 0 Å². The van der Waals surface area contributed by atoms with Crippen molar-refractivity contribution in [3.05, 3.63) is 52.8 Å². The second-order valence-electron chi connectivity index (χ2n) is 3.54. The van der Waals surface area contributed by atoms with E-state index in [9.17, 15) is 0 Å². The van der Waals surface area contributed by atoms with E-state index < -0.39 is 0 Å². The summed E-state index contributed by atoms with van der Waals surface area (Å²) in [5.74, 6) is 0.729. The minimum atomic E-state index is 0.729. The van der Waals surface area contributed by atoms with Gasteiger partial charge >= 0.3 is 0 Å². The highest BCUT2D eigenvalue weighted by Crippen LogP contribution is 2.12. The lowest BCUT2D eigenvalue weighted by Crippen LogP contribution is -2.18. The van der Waals surface area contributed by atoms with Gasteiger partial charge in [0.05, 0.1) is 4.47 Å². The second-order valence-corrected chi connectivity index (χ2v) is 4.46. The molecule has 0 N–H and O–H groups in total. The van der Waals surface area contributed by atoms with E-state index in [1.807, 2.05) is 30.1 Å². The Kier molecular flexibility index (Phi) is 3.51. The van der Waals surface area contributed by atoms with Crippen LogP contribution in [0, 0.1) is 0 Å². The molecule has 82 valence electrons. The van der Waals surface area contributed by atoms with E-state index in [0.717, 1.165) is 17.0 Å². The van der Waals surface area contributed by atoms with Gasteiger partial charge in [0.15, 0.2) is 0 Å². The smallest absolute Gasteiger partial charge is 0.225 e. The molecular weight excluding hydrogens is 266 g/mol. The standard InChI is InChI=1S/C12H12BrN3/c1-16(9-10-5-3-2-4-6-10)12-14-7-11(13)8-15-12/h2-8H,9H2,1H3. The molecule has 3 nitrogen and oxygen atoms in total. The van der Waals surface area contributed by atoms with Crippen LogP contribution >= 0.6 is 15.9 Å². The first-order valence-electron chi connectivity index (χ1n) is 4.98. The number of benzene rings is 1. The van der Waals surface area contributed by atoms with Crippen molar-refractivity contribution in [2.24, 2.45) is 0 Å². The van der Waals surface area contributed by atoms with Crippen LogP contribution in [-0.2, 0) is 6.54 Å². The third-order valence-corrected chi connectivity index (χ3v) is 2.62. The van der Waals surface area contributed by atoms with Crippen LogP contribution in [0.2, 0.25) is 0 Å². The Labute approximate surface area is 103 Å². The summed E-state index contributed by atoms with van der Waals surface area (Å²) in [6, 6.07) is 10.3. The first-order valence-corrected chi connectivity index (χ1v) is 5.77. The number of hydrogen-bond acceptors (Lipinski definition) is 3. The van der Waals surface area contributed by atoms with Crippen molar-refractivity contribution >= 4 is 21.9 Å². The van der Waals surface area contributed by atoms with Crippen LogP contribution in [0.15, 0.2) is 47.2 Å². The topological polar surface area (TPSA) is 29.0 Å². The highest BCUT2D eigenvalue weighted by molar-refractivity contribution is 9.10. The SMILES string of the molecule is CN(Cc1ccccc1)c1ncc(Br)cn1. The van der Waals surface area contributed by atoms with E-state index in [1.165, 1.54) is 5.56 Å². The molecule has 0 spiro atoms. The van der Waals surface area contributed by atoms with Crippen LogP contribution in [0.1, 0.15) is 5.56 Å². The van der Waals surface area contributed by atoms with E-state index in [2.05, 4.69) is 38.0 Å². The van der Waals surface area contributed by atoms with Gasteiger partial charge in [-0.3, -0.25) is 0 Å². The van der Waals surface area contributed by atoms with Gasteiger partial charge in [-0.2, -0.15) is 0 Å². The van der Waals surface area contributed by atoms with Crippen LogP contribution in [0.4, 0.5) is 5.95 Å². The monoisotopic (exact) mass is 277 g/mol. The average molecular weight is 278 g/mol. The first kappa shape index (κ1) is 11.1. The molecule has 0 saturated heterocycles. The van der Waals surface area contributed by atoms with Crippen molar-refractivity contribution in [3.8, 4) is 0 Å². The molecule has 4 heteroatoms. The van der Waals surface area contributed by atoms with Crippen molar-refractivity contribution in [3.63, 3.8) is 0 Å². The number of halogens is 1. The summed E-state index contributed by atoms with van der Waals surface area (Å²) in [5, 5.41) is 0. The molecule has 0 atom stereocenters. The number of rotatable bonds is 3. The molecule has 16 heavy (non-hydrogen) atoms. The maximum Gasteiger partial charge on any atom is 0.225 e. The third kappa shape index (κ3) is 2.79. The Bertz CT molecular complexity index is 442. The molecule has 2 rings (SSSR count). The van der Waals surface area contributed by atoms with Gasteiger partial charge in [-0.1, -0.05) is 30.3 Å². The Morgan fingerprint density at radius 3 is 2.38 bits per heavy atom. The zero-order chi connectivity index (χ0) is 11.4. The molecule has 0 unspecified atom stereocenters. The van der Waals surface area contributed by atoms with Crippen LogP contribution in [0.5, 0.6) is 0 Å². The van der Waals surface area contributed by atoms with Crippen molar-refractivity contribution in [2.75, 3.05) is 11.9 Å². The van der Waals surface area contributed by atoms with Gasteiger partial charge in [0.25, 0.3) is 0 Å². The summed E-state index contributed by atoms with van der Waals surface area (Å²) < 4.78 is 0.893. The van der Waals surface area contributed by atoms with E-state index in [1.54, 1.807) is 12.4 Å². The summed E-state index contributed by atoms with van der Waals surface area (Å²) in [4.78, 5) is 10.5. The molecule has 2 aromatic rings. The summed E-state index contributed by atoms with van der Waals surface area (Å²) in [6.45, 7) is 0.808. The van der Waals surface area contributed by atoms with Crippen molar-refractivity contribution < 1.29 is 0 Å². The van der Waals surface area contributed by atoms with Gasteiger partial charge in [0.2, 0.25) is 5.95 Å². The Morgan fingerprint density at radius 2 is 1.75 bits per heavy atom. The van der Waals surface area contributed by atoms with Gasteiger partial charge in [0.1, 0.15) is 0 Å². The molecule has 1 heterocycles. The van der Waals surface area contributed by atoms with E-state index >= 15 is 0 Å². The maximum absolute atomic E-state index is 4.24. The zero-order valence-electron chi connectivity index (χ0n) is 8.97. The molecular formula is C12H12BrN3. The normalized spacial score (nSPS) is 10.1. The lowest BCUT2D eigenvalue weighted by Gasteiger charge is -2.16. The van der Waals surface area contributed by atoms with Crippen LogP contribution < -0.4 is 4.90 Å². The molecule has 0 amide bonds. The average Bonchev–Trinajstić information content (AvgIpc) is 2.31. The molecule has 0 aliphatic heterocycles. The second kappa shape index (κ2) is 5.07. The van der Waals surface area contributed by atoms with E-state index in [0.29, 0.717) is 0 Å². The number of hydrogen-bond donors (Lipinski definition) is 0. The van der Waals surface area contributed by atoms with Crippen molar-refractivity contribution in [2.45, 2.75) is 6.54 Å².